The van der Waals surface area contributed by atoms with Crippen molar-refractivity contribution in [2.75, 3.05) is 16.4 Å². The minimum atomic E-state index is -0.192. The van der Waals surface area contributed by atoms with E-state index in [9.17, 15) is 4.79 Å². The number of amides is 1. The zero-order valence-electron chi connectivity index (χ0n) is 15.7. The van der Waals surface area contributed by atoms with Gasteiger partial charge in [-0.1, -0.05) is 54.6 Å². The lowest BCUT2D eigenvalue weighted by atomic mass is 10.1. The molecule has 5 N–H and O–H groups in total. The van der Waals surface area contributed by atoms with Crippen LogP contribution in [0.25, 0.3) is 11.3 Å². The van der Waals surface area contributed by atoms with Crippen LogP contribution in [0.3, 0.4) is 0 Å². The van der Waals surface area contributed by atoms with Crippen LogP contribution in [0.1, 0.15) is 15.9 Å². The number of aromatic nitrogens is 2. The number of nitrogens with zero attached hydrogens (tertiary/aromatic N) is 1. The highest BCUT2D eigenvalue weighted by Gasteiger charge is 2.08. The molecule has 0 saturated heterocycles. The molecular weight excluding hydrogens is 362 g/mol. The molecule has 0 spiro atoms. The summed E-state index contributed by atoms with van der Waals surface area (Å²) in [5.41, 5.74) is 10.7. The second kappa shape index (κ2) is 8.31. The van der Waals surface area contributed by atoms with E-state index in [0.29, 0.717) is 23.5 Å². The van der Waals surface area contributed by atoms with Crippen molar-refractivity contribution in [3.05, 3.63) is 96.1 Å². The maximum atomic E-state index is 12.4. The predicted octanol–water partition coefficient (Wildman–Crippen LogP) is 4.52. The number of nitrogen functional groups attached to an aromatic ring is 1. The number of hydrogen-bond donors (Lipinski definition) is 4. The first-order valence-corrected chi connectivity index (χ1v) is 9.28. The first-order chi connectivity index (χ1) is 14.2. The highest BCUT2D eigenvalue weighted by atomic mass is 16.1. The van der Waals surface area contributed by atoms with E-state index in [2.05, 4.69) is 20.8 Å². The summed E-state index contributed by atoms with van der Waals surface area (Å²) in [5, 5.41) is 13.4. The van der Waals surface area contributed by atoms with E-state index in [0.717, 1.165) is 22.6 Å². The lowest BCUT2D eigenvalue weighted by Gasteiger charge is -2.08. The van der Waals surface area contributed by atoms with Crippen molar-refractivity contribution in [1.29, 1.82) is 0 Å². The molecule has 4 rings (SSSR count). The fourth-order valence-corrected chi connectivity index (χ4v) is 2.95. The minimum Gasteiger partial charge on any atom is -0.397 e. The molecule has 0 fully saturated rings. The topological polar surface area (TPSA) is 95.8 Å². The van der Waals surface area contributed by atoms with E-state index < -0.39 is 0 Å². The Morgan fingerprint density at radius 2 is 1.66 bits per heavy atom. The van der Waals surface area contributed by atoms with Gasteiger partial charge in [0, 0.05) is 18.2 Å². The molecule has 1 aromatic heterocycles. The Bertz CT molecular complexity index is 1100. The normalized spacial score (nSPS) is 10.5. The number of aromatic amines is 1. The Morgan fingerprint density at radius 1 is 0.931 bits per heavy atom. The van der Waals surface area contributed by atoms with Crippen LogP contribution in [-0.4, -0.2) is 16.1 Å². The molecule has 0 saturated carbocycles. The lowest BCUT2D eigenvalue weighted by molar-refractivity contribution is 0.102. The van der Waals surface area contributed by atoms with E-state index in [1.54, 1.807) is 24.3 Å². The molecule has 0 radical (unpaired) electrons. The van der Waals surface area contributed by atoms with E-state index in [4.69, 9.17) is 5.73 Å². The van der Waals surface area contributed by atoms with Crippen LogP contribution in [0.15, 0.2) is 84.9 Å². The Balaban J connectivity index is 1.36. The molecule has 0 atom stereocenters. The van der Waals surface area contributed by atoms with Crippen LogP contribution in [-0.2, 0) is 6.54 Å². The first kappa shape index (κ1) is 18.3. The Kier molecular flexibility index (Phi) is 5.25. The molecule has 4 aromatic rings. The van der Waals surface area contributed by atoms with E-state index in [1.165, 1.54) is 0 Å². The number of benzene rings is 3. The summed E-state index contributed by atoms with van der Waals surface area (Å²) in [6, 6.07) is 26.6. The van der Waals surface area contributed by atoms with Gasteiger partial charge in [0.2, 0.25) is 0 Å². The lowest BCUT2D eigenvalue weighted by Crippen LogP contribution is -2.13. The maximum absolute atomic E-state index is 12.4. The van der Waals surface area contributed by atoms with Gasteiger partial charge in [0.1, 0.15) is 5.82 Å². The molecule has 0 aliphatic carbocycles. The summed E-state index contributed by atoms with van der Waals surface area (Å²) in [6.07, 6.45) is 0. The van der Waals surface area contributed by atoms with Gasteiger partial charge in [-0.3, -0.25) is 9.89 Å². The summed E-state index contributed by atoms with van der Waals surface area (Å²) >= 11 is 0. The van der Waals surface area contributed by atoms with Gasteiger partial charge in [-0.25, -0.2) is 0 Å². The quantitative estimate of drug-likeness (QED) is 0.368. The Labute approximate surface area is 168 Å². The summed E-state index contributed by atoms with van der Waals surface area (Å²) in [7, 11) is 0. The van der Waals surface area contributed by atoms with Crippen LogP contribution >= 0.6 is 0 Å². The number of carbonyl (C=O) groups excluding carboxylic acids is 1. The van der Waals surface area contributed by atoms with Crippen molar-refractivity contribution < 1.29 is 4.79 Å². The van der Waals surface area contributed by atoms with Gasteiger partial charge in [0.05, 0.1) is 17.1 Å². The van der Waals surface area contributed by atoms with Crippen LogP contribution in [0.5, 0.6) is 0 Å². The van der Waals surface area contributed by atoms with Gasteiger partial charge in [-0.15, -0.1) is 0 Å². The molecule has 6 heteroatoms. The second-order valence-corrected chi connectivity index (χ2v) is 6.62. The molecule has 29 heavy (non-hydrogen) atoms. The third-order valence-electron chi connectivity index (χ3n) is 4.56. The van der Waals surface area contributed by atoms with Gasteiger partial charge >= 0.3 is 0 Å². The highest BCUT2D eigenvalue weighted by Crippen LogP contribution is 2.20. The number of carbonyl (C=O) groups is 1. The zero-order valence-corrected chi connectivity index (χ0v) is 15.7. The van der Waals surface area contributed by atoms with Gasteiger partial charge in [0.25, 0.3) is 5.91 Å². The average molecular weight is 383 g/mol. The van der Waals surface area contributed by atoms with E-state index in [1.807, 2.05) is 60.7 Å². The Hall–Kier alpha value is -4.06. The standard InChI is InChI=1S/C23H21N5O/c24-19-8-4-5-9-20(19)26-23(29)18-12-10-16(11-13-18)15-25-22-14-21(27-28-22)17-6-2-1-3-7-17/h1-14H,15,24H2,(H,26,29)(H2,25,27,28). The molecule has 3 aromatic carbocycles. The van der Waals surface area contributed by atoms with E-state index in [-0.39, 0.29) is 5.91 Å². The van der Waals surface area contributed by atoms with Crippen LogP contribution < -0.4 is 16.4 Å². The Morgan fingerprint density at radius 3 is 2.41 bits per heavy atom. The molecule has 0 aliphatic rings. The predicted molar refractivity (Wildman–Crippen MR) is 117 cm³/mol. The average Bonchev–Trinajstić information content (AvgIpc) is 3.24. The van der Waals surface area contributed by atoms with Gasteiger partial charge in [0.15, 0.2) is 0 Å². The second-order valence-electron chi connectivity index (χ2n) is 6.62. The third-order valence-corrected chi connectivity index (χ3v) is 4.56. The van der Waals surface area contributed by atoms with Crippen LogP contribution in [0.4, 0.5) is 17.2 Å². The van der Waals surface area contributed by atoms with E-state index >= 15 is 0 Å². The number of nitrogens with one attached hydrogen (secondary N) is 3. The van der Waals surface area contributed by atoms with Gasteiger partial charge in [-0.2, -0.15) is 5.10 Å². The van der Waals surface area contributed by atoms with Crippen LogP contribution in [0, 0.1) is 0 Å². The molecule has 1 heterocycles. The van der Waals surface area contributed by atoms with Crippen molar-refractivity contribution in [3.63, 3.8) is 0 Å². The summed E-state index contributed by atoms with van der Waals surface area (Å²) < 4.78 is 0. The molecule has 1 amide bonds. The fourth-order valence-electron chi connectivity index (χ4n) is 2.95. The monoisotopic (exact) mass is 383 g/mol. The molecule has 0 aliphatic heterocycles. The van der Waals surface area contributed by atoms with Gasteiger partial charge in [-0.05, 0) is 35.4 Å². The first-order valence-electron chi connectivity index (χ1n) is 9.28. The summed E-state index contributed by atoms with van der Waals surface area (Å²) in [6.45, 7) is 0.604. The number of para-hydroxylation sites is 2. The number of rotatable bonds is 6. The molecule has 6 nitrogen and oxygen atoms in total. The van der Waals surface area contributed by atoms with Crippen molar-refractivity contribution in [2.45, 2.75) is 6.54 Å². The van der Waals surface area contributed by atoms with Crippen molar-refractivity contribution >= 4 is 23.1 Å². The largest absolute Gasteiger partial charge is 0.397 e. The minimum absolute atomic E-state index is 0.192. The number of nitrogens with two attached hydrogens (primary N) is 1. The molecular formula is C23H21N5O. The SMILES string of the molecule is Nc1ccccc1NC(=O)c1ccc(CNc2cc(-c3ccccc3)[nH]n2)cc1. The zero-order chi connectivity index (χ0) is 20.1. The third kappa shape index (κ3) is 4.44. The van der Waals surface area contributed by atoms with Crippen molar-refractivity contribution in [2.24, 2.45) is 0 Å². The smallest absolute Gasteiger partial charge is 0.255 e. The number of anilines is 3. The fraction of sp³-hybridized carbons (Fsp3) is 0.0435. The maximum Gasteiger partial charge on any atom is 0.255 e. The van der Waals surface area contributed by atoms with Gasteiger partial charge < -0.3 is 16.4 Å². The van der Waals surface area contributed by atoms with Crippen molar-refractivity contribution in [3.8, 4) is 11.3 Å². The number of hydrogen-bond acceptors (Lipinski definition) is 4. The van der Waals surface area contributed by atoms with Crippen molar-refractivity contribution in [1.82, 2.24) is 10.2 Å². The number of H-pyrrole nitrogens is 1. The summed E-state index contributed by atoms with van der Waals surface area (Å²) in [5.74, 6) is 0.576. The van der Waals surface area contributed by atoms with Crippen LogP contribution in [0.2, 0.25) is 0 Å². The summed E-state index contributed by atoms with van der Waals surface area (Å²) in [4.78, 5) is 12.4. The molecule has 144 valence electrons. The molecule has 0 unspecified atom stereocenters. The highest BCUT2D eigenvalue weighted by molar-refractivity contribution is 6.05. The molecule has 0 bridgehead atoms.